The second-order valence-corrected chi connectivity index (χ2v) is 7.17. The van der Waals surface area contributed by atoms with E-state index in [0.717, 1.165) is 0 Å². The minimum absolute atomic E-state index is 0.0579. The first-order valence-corrected chi connectivity index (χ1v) is 9.71. The number of carbonyl (C=O) groups excluding carboxylic acids is 3. The lowest BCUT2D eigenvalue weighted by molar-refractivity contribution is -0.139. The second-order valence-electron chi connectivity index (χ2n) is 6.20. The molecule has 1 atom stereocenters. The molecule has 29 heavy (non-hydrogen) atoms. The molecule has 0 aliphatic carbocycles. The molecular weight excluding hydrogens is 393 g/mol. The van der Waals surface area contributed by atoms with Crippen LogP contribution in [0.3, 0.4) is 0 Å². The number of nitrogens with zero attached hydrogens (tertiary/aromatic N) is 1. The molecule has 8 heteroatoms. The Morgan fingerprint density at radius 1 is 1.03 bits per heavy atom. The largest absolute Gasteiger partial charge is 0.343 e. The molecule has 0 fully saturated rings. The minimum Gasteiger partial charge on any atom is -0.343 e. The first kappa shape index (κ1) is 20.3. The van der Waals surface area contributed by atoms with Gasteiger partial charge in [-0.1, -0.05) is 30.3 Å². The van der Waals surface area contributed by atoms with Crippen LogP contribution >= 0.6 is 11.3 Å². The number of hydrogen-bond acceptors (Lipinski definition) is 5. The summed E-state index contributed by atoms with van der Waals surface area (Å²) in [5.41, 5.74) is 0.985. The Labute approximate surface area is 170 Å². The molecule has 1 aromatic heterocycles. The fourth-order valence-corrected chi connectivity index (χ4v) is 3.19. The smallest absolute Gasteiger partial charge is 0.289 e. The number of nitrogens with one attached hydrogen (secondary N) is 2. The third-order valence-corrected chi connectivity index (χ3v) is 4.90. The highest BCUT2D eigenvalue weighted by Gasteiger charge is 2.27. The van der Waals surface area contributed by atoms with Crippen molar-refractivity contribution in [3.8, 4) is 0 Å². The van der Waals surface area contributed by atoms with Gasteiger partial charge in [-0.15, -0.1) is 11.3 Å². The molecular formula is C21H18FN3O3S. The summed E-state index contributed by atoms with van der Waals surface area (Å²) in [6.07, 6.45) is 1.66. The summed E-state index contributed by atoms with van der Waals surface area (Å²) < 4.78 is 13.2. The summed E-state index contributed by atoms with van der Waals surface area (Å²) in [5, 5.41) is 7.56. The first-order valence-electron chi connectivity index (χ1n) is 8.83. The summed E-state index contributed by atoms with van der Waals surface area (Å²) >= 11 is 1.35. The summed E-state index contributed by atoms with van der Waals surface area (Å²) in [5.74, 6) is -2.49. The number of hydrogen-bond donors (Lipinski definition) is 2. The third kappa shape index (κ3) is 5.79. The van der Waals surface area contributed by atoms with Gasteiger partial charge in [0.15, 0.2) is 0 Å². The third-order valence-electron chi connectivity index (χ3n) is 4.12. The summed E-state index contributed by atoms with van der Waals surface area (Å²) in [6, 6.07) is 12.8. The van der Waals surface area contributed by atoms with Gasteiger partial charge in [0.1, 0.15) is 16.9 Å². The van der Waals surface area contributed by atoms with Crippen LogP contribution < -0.4 is 10.6 Å². The number of ketones is 1. The van der Waals surface area contributed by atoms with Crippen LogP contribution in [0.1, 0.15) is 20.9 Å². The van der Waals surface area contributed by atoms with Crippen molar-refractivity contribution in [1.82, 2.24) is 15.6 Å². The van der Waals surface area contributed by atoms with Crippen molar-refractivity contribution in [2.45, 2.75) is 19.0 Å². The van der Waals surface area contributed by atoms with Crippen molar-refractivity contribution in [2.24, 2.45) is 0 Å². The molecule has 2 N–H and O–H groups in total. The predicted molar refractivity (Wildman–Crippen MR) is 107 cm³/mol. The van der Waals surface area contributed by atoms with Gasteiger partial charge in [0.05, 0.1) is 6.54 Å². The molecule has 2 aromatic carbocycles. The number of carbonyl (C=O) groups is 3. The van der Waals surface area contributed by atoms with E-state index in [1.165, 1.54) is 35.6 Å². The maximum absolute atomic E-state index is 13.2. The van der Waals surface area contributed by atoms with Gasteiger partial charge in [0.2, 0.25) is 5.78 Å². The average molecular weight is 411 g/mol. The molecule has 0 saturated carbocycles. The molecule has 3 aromatic rings. The van der Waals surface area contributed by atoms with Gasteiger partial charge >= 0.3 is 0 Å². The molecule has 0 saturated heterocycles. The minimum atomic E-state index is -1.09. The number of amides is 2. The van der Waals surface area contributed by atoms with E-state index in [2.05, 4.69) is 15.6 Å². The normalized spacial score (nSPS) is 11.5. The Bertz CT molecular complexity index is 976. The summed E-state index contributed by atoms with van der Waals surface area (Å²) in [6.45, 7) is 0.123. The zero-order chi connectivity index (χ0) is 20.6. The Morgan fingerprint density at radius 3 is 2.41 bits per heavy atom. The van der Waals surface area contributed by atoms with E-state index in [0.29, 0.717) is 16.1 Å². The van der Waals surface area contributed by atoms with Crippen molar-refractivity contribution in [3.63, 3.8) is 0 Å². The first-order chi connectivity index (χ1) is 14.0. The zero-order valence-electron chi connectivity index (χ0n) is 15.3. The molecule has 0 aliphatic rings. The molecule has 0 unspecified atom stereocenters. The van der Waals surface area contributed by atoms with E-state index in [1.54, 1.807) is 41.9 Å². The van der Waals surface area contributed by atoms with Gasteiger partial charge in [-0.2, -0.15) is 0 Å². The molecule has 0 spiro atoms. The highest BCUT2D eigenvalue weighted by Crippen LogP contribution is 2.09. The second kappa shape index (κ2) is 9.70. The molecule has 0 aliphatic heterocycles. The monoisotopic (exact) mass is 411 g/mol. The van der Waals surface area contributed by atoms with Crippen LogP contribution in [-0.2, 0) is 22.6 Å². The van der Waals surface area contributed by atoms with Gasteiger partial charge in [-0.3, -0.25) is 14.4 Å². The number of halogens is 1. The molecule has 1 heterocycles. The summed E-state index contributed by atoms with van der Waals surface area (Å²) in [7, 11) is 0. The maximum atomic E-state index is 13.2. The van der Waals surface area contributed by atoms with E-state index < -0.39 is 29.5 Å². The topological polar surface area (TPSA) is 88.2 Å². The number of rotatable bonds is 8. The van der Waals surface area contributed by atoms with Gasteiger partial charge < -0.3 is 10.6 Å². The van der Waals surface area contributed by atoms with Gasteiger partial charge in [-0.25, -0.2) is 9.37 Å². The SMILES string of the molecule is O=C(NCc1nccs1)C(=O)[C@@H](Cc1ccc(F)cc1)NC(=O)c1ccccc1. The Morgan fingerprint density at radius 2 is 1.76 bits per heavy atom. The zero-order valence-corrected chi connectivity index (χ0v) is 16.1. The van der Waals surface area contributed by atoms with Crippen LogP contribution in [0, 0.1) is 5.82 Å². The summed E-state index contributed by atoms with van der Waals surface area (Å²) in [4.78, 5) is 41.6. The van der Waals surface area contributed by atoms with E-state index >= 15 is 0 Å². The number of Topliss-reactive ketones (excluding diaryl/α,β-unsaturated/α-hetero) is 1. The Kier molecular flexibility index (Phi) is 6.80. The maximum Gasteiger partial charge on any atom is 0.289 e. The van der Waals surface area contributed by atoms with Crippen molar-refractivity contribution in [1.29, 1.82) is 0 Å². The van der Waals surface area contributed by atoms with Crippen molar-refractivity contribution < 1.29 is 18.8 Å². The standard InChI is InChI=1S/C21H18FN3O3S/c22-16-8-6-14(7-9-16)12-17(25-20(27)15-4-2-1-3-5-15)19(26)21(28)24-13-18-23-10-11-29-18/h1-11,17H,12-13H2,(H,24,28)(H,25,27)/t17-/m1/s1. The van der Waals surface area contributed by atoms with Crippen LogP contribution in [0.2, 0.25) is 0 Å². The molecule has 2 amide bonds. The fourth-order valence-electron chi connectivity index (χ4n) is 2.64. The number of benzene rings is 2. The van der Waals surface area contributed by atoms with Crippen LogP contribution in [0.5, 0.6) is 0 Å². The van der Waals surface area contributed by atoms with Crippen molar-refractivity contribution in [3.05, 3.63) is 88.1 Å². The molecule has 3 rings (SSSR count). The Balaban J connectivity index is 1.73. The molecule has 0 bridgehead atoms. The van der Waals surface area contributed by atoms with E-state index in [-0.39, 0.29) is 13.0 Å². The predicted octanol–water partition coefficient (Wildman–Crippen LogP) is 2.51. The van der Waals surface area contributed by atoms with E-state index in [4.69, 9.17) is 0 Å². The van der Waals surface area contributed by atoms with Crippen molar-refractivity contribution >= 4 is 28.9 Å². The van der Waals surface area contributed by atoms with Gasteiger partial charge in [0, 0.05) is 23.6 Å². The molecule has 148 valence electrons. The van der Waals surface area contributed by atoms with Crippen LogP contribution in [0.25, 0.3) is 0 Å². The van der Waals surface area contributed by atoms with E-state index in [9.17, 15) is 18.8 Å². The van der Waals surface area contributed by atoms with Gasteiger partial charge in [-0.05, 0) is 29.8 Å². The lowest BCUT2D eigenvalue weighted by Crippen LogP contribution is -2.48. The lowest BCUT2D eigenvalue weighted by Gasteiger charge is -2.17. The highest BCUT2D eigenvalue weighted by atomic mass is 32.1. The van der Waals surface area contributed by atoms with Crippen LogP contribution in [0.4, 0.5) is 4.39 Å². The quantitative estimate of drug-likeness (QED) is 0.558. The highest BCUT2D eigenvalue weighted by molar-refractivity contribution is 7.09. The number of aromatic nitrogens is 1. The molecule has 6 nitrogen and oxygen atoms in total. The Hall–Kier alpha value is -3.39. The van der Waals surface area contributed by atoms with E-state index in [1.807, 2.05) is 0 Å². The van der Waals surface area contributed by atoms with Crippen molar-refractivity contribution in [2.75, 3.05) is 0 Å². The van der Waals surface area contributed by atoms with Gasteiger partial charge in [0.25, 0.3) is 11.8 Å². The van der Waals surface area contributed by atoms with Crippen LogP contribution in [0.15, 0.2) is 66.2 Å². The number of thiazole rings is 1. The lowest BCUT2D eigenvalue weighted by atomic mass is 10.0. The fraction of sp³-hybridized carbons (Fsp3) is 0.143. The van der Waals surface area contributed by atoms with Crippen LogP contribution in [-0.4, -0.2) is 28.6 Å². The molecule has 0 radical (unpaired) electrons. The average Bonchev–Trinajstić information content (AvgIpc) is 3.27.